The molecule has 0 saturated heterocycles. The van der Waals surface area contributed by atoms with Crippen LogP contribution in [0.5, 0.6) is 0 Å². The van der Waals surface area contributed by atoms with Crippen LogP contribution in [0.4, 0.5) is 5.69 Å². The van der Waals surface area contributed by atoms with Crippen LogP contribution in [0.2, 0.25) is 0 Å². The number of amides is 2. The van der Waals surface area contributed by atoms with E-state index < -0.39 is 5.54 Å². The first-order valence-electron chi connectivity index (χ1n) is 11.7. The molecular formula is C26H31N3O3. The molecule has 3 heterocycles. The first-order valence-corrected chi connectivity index (χ1v) is 11.7. The standard InChI is InChI=1S/C26H31N3O3/c1-17-12-18(2)14-20(13-17)29-24(30)22-15-23-21(10-11-32-23)28(22)16-26(29,3)25(31)27-19-8-6-4-5-7-9-19/h10-15,19H,4-9,16H2,1-3H3,(H,27,31)/t26-/m0/s1. The number of carbonyl (C=O) groups is 2. The third-order valence-electron chi connectivity index (χ3n) is 7.05. The van der Waals surface area contributed by atoms with Gasteiger partial charge < -0.3 is 14.3 Å². The van der Waals surface area contributed by atoms with Gasteiger partial charge in [0.15, 0.2) is 5.58 Å². The molecule has 0 radical (unpaired) electrons. The van der Waals surface area contributed by atoms with Crippen molar-refractivity contribution < 1.29 is 14.0 Å². The Kier molecular flexibility index (Phi) is 5.11. The second-order valence-corrected chi connectivity index (χ2v) is 9.71. The smallest absolute Gasteiger partial charge is 0.276 e. The van der Waals surface area contributed by atoms with E-state index in [-0.39, 0.29) is 17.9 Å². The highest BCUT2D eigenvalue weighted by Gasteiger charge is 2.49. The number of rotatable bonds is 3. The van der Waals surface area contributed by atoms with Crippen LogP contribution in [0.25, 0.3) is 11.1 Å². The van der Waals surface area contributed by atoms with E-state index in [1.54, 1.807) is 17.2 Å². The van der Waals surface area contributed by atoms with Crippen molar-refractivity contribution in [2.45, 2.75) is 77.4 Å². The number of furan rings is 1. The highest BCUT2D eigenvalue weighted by Crippen LogP contribution is 2.37. The van der Waals surface area contributed by atoms with E-state index in [1.807, 2.05) is 43.5 Å². The fourth-order valence-corrected chi connectivity index (χ4v) is 5.46. The molecule has 32 heavy (non-hydrogen) atoms. The van der Waals surface area contributed by atoms with Gasteiger partial charge in [0.05, 0.1) is 18.3 Å². The molecule has 2 amide bonds. The van der Waals surface area contributed by atoms with Gasteiger partial charge in [-0.25, -0.2) is 0 Å². The lowest BCUT2D eigenvalue weighted by molar-refractivity contribution is -0.127. The normalized spacial score (nSPS) is 22.1. The van der Waals surface area contributed by atoms with E-state index in [4.69, 9.17) is 4.42 Å². The van der Waals surface area contributed by atoms with Crippen LogP contribution in [-0.2, 0) is 11.3 Å². The average Bonchev–Trinajstić information content (AvgIpc) is 3.22. The van der Waals surface area contributed by atoms with Crippen LogP contribution in [0.1, 0.15) is 67.1 Å². The van der Waals surface area contributed by atoms with Crippen molar-refractivity contribution in [2.24, 2.45) is 0 Å². The fraction of sp³-hybridized carbons (Fsp3) is 0.462. The quantitative estimate of drug-likeness (QED) is 0.584. The highest BCUT2D eigenvalue weighted by atomic mass is 16.3. The molecule has 1 N–H and O–H groups in total. The Labute approximate surface area is 188 Å². The Hall–Kier alpha value is -3.02. The summed E-state index contributed by atoms with van der Waals surface area (Å²) < 4.78 is 7.51. The molecule has 6 heteroatoms. The Morgan fingerprint density at radius 3 is 2.44 bits per heavy atom. The van der Waals surface area contributed by atoms with Crippen molar-refractivity contribution in [3.8, 4) is 0 Å². The summed E-state index contributed by atoms with van der Waals surface area (Å²) in [6.45, 7) is 6.31. The van der Waals surface area contributed by atoms with Crippen LogP contribution in [0, 0.1) is 13.8 Å². The van der Waals surface area contributed by atoms with Gasteiger partial charge >= 0.3 is 0 Å². The number of aromatic nitrogens is 1. The summed E-state index contributed by atoms with van der Waals surface area (Å²) in [6.07, 6.45) is 8.35. The lowest BCUT2D eigenvalue weighted by Crippen LogP contribution is -2.65. The summed E-state index contributed by atoms with van der Waals surface area (Å²) in [5.74, 6) is -0.265. The molecule has 5 rings (SSSR count). The number of nitrogens with one attached hydrogen (secondary N) is 1. The van der Waals surface area contributed by atoms with Crippen LogP contribution < -0.4 is 10.2 Å². The summed E-state index contributed by atoms with van der Waals surface area (Å²) in [7, 11) is 0. The number of benzene rings is 1. The first-order chi connectivity index (χ1) is 15.4. The molecule has 2 aromatic heterocycles. The van der Waals surface area contributed by atoms with Crippen LogP contribution in [0.15, 0.2) is 41.0 Å². The highest BCUT2D eigenvalue weighted by molar-refractivity contribution is 6.13. The minimum absolute atomic E-state index is 0.0899. The summed E-state index contributed by atoms with van der Waals surface area (Å²) in [5.41, 5.74) is 3.90. The third kappa shape index (κ3) is 3.42. The van der Waals surface area contributed by atoms with E-state index in [1.165, 1.54) is 12.8 Å². The molecular weight excluding hydrogens is 402 g/mol. The number of hydrogen-bond acceptors (Lipinski definition) is 3. The van der Waals surface area contributed by atoms with Crippen molar-refractivity contribution >= 4 is 28.6 Å². The van der Waals surface area contributed by atoms with Gasteiger partial charge in [-0.1, -0.05) is 31.7 Å². The lowest BCUT2D eigenvalue weighted by Gasteiger charge is -2.44. The zero-order chi connectivity index (χ0) is 22.5. The minimum Gasteiger partial charge on any atom is -0.463 e. The van der Waals surface area contributed by atoms with E-state index in [0.29, 0.717) is 17.8 Å². The SMILES string of the molecule is Cc1cc(C)cc(N2C(=O)c3cc4occc4n3C[C@@]2(C)C(=O)NC2CCCCCC2)c1. The maximum Gasteiger partial charge on any atom is 0.276 e. The van der Waals surface area contributed by atoms with Gasteiger partial charge in [-0.05, 0) is 56.9 Å². The molecule has 1 atom stereocenters. The van der Waals surface area contributed by atoms with Crippen molar-refractivity contribution in [3.63, 3.8) is 0 Å². The Morgan fingerprint density at radius 2 is 1.75 bits per heavy atom. The molecule has 0 unspecified atom stereocenters. The second kappa shape index (κ2) is 7.84. The van der Waals surface area contributed by atoms with E-state index in [9.17, 15) is 9.59 Å². The number of hydrogen-bond donors (Lipinski definition) is 1. The molecule has 1 aliphatic carbocycles. The summed E-state index contributed by atoms with van der Waals surface area (Å²) in [5, 5.41) is 3.31. The fourth-order valence-electron chi connectivity index (χ4n) is 5.46. The van der Waals surface area contributed by atoms with Gasteiger partial charge in [0.25, 0.3) is 5.91 Å². The zero-order valence-electron chi connectivity index (χ0n) is 19.1. The van der Waals surface area contributed by atoms with Gasteiger partial charge in [0.1, 0.15) is 11.2 Å². The predicted molar refractivity (Wildman–Crippen MR) is 125 cm³/mol. The molecule has 2 aliphatic rings. The van der Waals surface area contributed by atoms with Crippen molar-refractivity contribution in [1.82, 2.24) is 9.88 Å². The van der Waals surface area contributed by atoms with Crippen molar-refractivity contribution in [3.05, 3.63) is 53.4 Å². The third-order valence-corrected chi connectivity index (χ3v) is 7.05. The molecule has 1 aromatic carbocycles. The Bertz CT molecular complexity index is 1160. The van der Waals surface area contributed by atoms with Gasteiger partial charge in [0, 0.05) is 23.9 Å². The van der Waals surface area contributed by atoms with Gasteiger partial charge in [-0.15, -0.1) is 0 Å². The van der Waals surface area contributed by atoms with Gasteiger partial charge in [-0.2, -0.15) is 0 Å². The predicted octanol–water partition coefficient (Wildman–Crippen LogP) is 5.11. The molecule has 0 bridgehead atoms. The van der Waals surface area contributed by atoms with E-state index >= 15 is 0 Å². The number of nitrogens with zero attached hydrogens (tertiary/aromatic N) is 2. The number of anilines is 1. The number of aryl methyl sites for hydroxylation is 2. The second-order valence-electron chi connectivity index (χ2n) is 9.71. The molecule has 6 nitrogen and oxygen atoms in total. The van der Waals surface area contributed by atoms with Gasteiger partial charge in [0.2, 0.25) is 5.91 Å². The lowest BCUT2D eigenvalue weighted by atomic mass is 9.92. The zero-order valence-corrected chi connectivity index (χ0v) is 19.1. The largest absolute Gasteiger partial charge is 0.463 e. The van der Waals surface area contributed by atoms with E-state index in [2.05, 4.69) is 11.4 Å². The Morgan fingerprint density at radius 1 is 1.06 bits per heavy atom. The molecule has 0 spiro atoms. The van der Waals surface area contributed by atoms with Crippen LogP contribution >= 0.6 is 0 Å². The monoisotopic (exact) mass is 433 g/mol. The van der Waals surface area contributed by atoms with Crippen LogP contribution in [-0.4, -0.2) is 28.0 Å². The number of fused-ring (bicyclic) bond motifs is 3. The minimum atomic E-state index is -1.06. The molecule has 1 fully saturated rings. The average molecular weight is 434 g/mol. The maximum atomic E-state index is 13.9. The van der Waals surface area contributed by atoms with Crippen molar-refractivity contribution in [2.75, 3.05) is 4.90 Å². The van der Waals surface area contributed by atoms with Crippen LogP contribution in [0.3, 0.4) is 0 Å². The molecule has 168 valence electrons. The summed E-state index contributed by atoms with van der Waals surface area (Å²) in [6, 6.07) is 9.88. The Balaban J connectivity index is 1.60. The maximum absolute atomic E-state index is 13.9. The van der Waals surface area contributed by atoms with Gasteiger partial charge in [-0.3, -0.25) is 14.5 Å². The molecule has 3 aromatic rings. The summed E-state index contributed by atoms with van der Waals surface area (Å²) >= 11 is 0. The van der Waals surface area contributed by atoms with E-state index in [0.717, 1.165) is 48.0 Å². The molecule has 1 aliphatic heterocycles. The molecule has 1 saturated carbocycles. The topological polar surface area (TPSA) is 67.5 Å². The number of carbonyl (C=O) groups excluding carboxylic acids is 2. The van der Waals surface area contributed by atoms with Crippen molar-refractivity contribution in [1.29, 1.82) is 0 Å². The first kappa shape index (κ1) is 20.9. The summed E-state index contributed by atoms with van der Waals surface area (Å²) in [4.78, 5) is 29.4.